The maximum Gasteiger partial charge on any atom is 0.416 e. The van der Waals surface area contributed by atoms with Gasteiger partial charge in [-0.25, -0.2) is 19.7 Å². The molecule has 286 valence electrons. The summed E-state index contributed by atoms with van der Waals surface area (Å²) in [5, 5.41) is 5.13. The molecule has 0 aliphatic heterocycles. The molecule has 0 fully saturated rings. The van der Waals surface area contributed by atoms with Crippen molar-refractivity contribution in [1.29, 1.82) is 0 Å². The van der Waals surface area contributed by atoms with Gasteiger partial charge in [0.05, 0.1) is 36.9 Å². The molecular weight excluding hydrogens is 704 g/mol. The Labute approximate surface area is 311 Å². The molecule has 0 saturated carbocycles. The molecule has 0 aliphatic carbocycles. The van der Waals surface area contributed by atoms with Crippen molar-refractivity contribution in [2.45, 2.75) is 85.8 Å². The van der Waals surface area contributed by atoms with E-state index >= 15 is 0 Å². The molecule has 4 rings (SSSR count). The van der Waals surface area contributed by atoms with Crippen LogP contribution in [0, 0.1) is 12.3 Å². The fourth-order valence-electron chi connectivity index (χ4n) is 5.04. The number of halogens is 3. The van der Waals surface area contributed by atoms with Gasteiger partial charge in [-0.05, 0) is 85.3 Å². The lowest BCUT2D eigenvalue weighted by atomic mass is 9.85. The number of benzene rings is 2. The summed E-state index contributed by atoms with van der Waals surface area (Å²) in [4.78, 5) is 26.3. The van der Waals surface area contributed by atoms with Gasteiger partial charge in [0, 0.05) is 24.1 Å². The molecule has 0 saturated heterocycles. The zero-order chi connectivity index (χ0) is 39.2. The average Bonchev–Trinajstić information content (AvgIpc) is 3.08. The number of rotatable bonds is 14. The van der Waals surface area contributed by atoms with Gasteiger partial charge in [0.15, 0.2) is 19.9 Å². The summed E-state index contributed by atoms with van der Waals surface area (Å²) in [5.74, 6) is 1.78. The molecule has 0 radical (unpaired) electrons. The van der Waals surface area contributed by atoms with Crippen molar-refractivity contribution in [3.63, 3.8) is 0 Å². The lowest BCUT2D eigenvalue weighted by Crippen LogP contribution is -2.43. The molecule has 14 heteroatoms. The fraction of sp³-hybridized carbons (Fsp3) is 0.436. The Balaban J connectivity index is 1.44. The number of nitrogens with one attached hydrogen (secondary N) is 2. The molecule has 2 aromatic heterocycles. The summed E-state index contributed by atoms with van der Waals surface area (Å²) in [6.45, 7) is 18.9. The molecular formula is C39H50F3N5O5Si. The highest BCUT2D eigenvalue weighted by Crippen LogP contribution is 2.40. The largest absolute Gasteiger partial charge is 0.497 e. The highest BCUT2D eigenvalue weighted by Gasteiger charge is 2.39. The van der Waals surface area contributed by atoms with Gasteiger partial charge in [-0.1, -0.05) is 52.8 Å². The van der Waals surface area contributed by atoms with Crippen LogP contribution >= 0.6 is 0 Å². The number of aromatic nitrogens is 3. The minimum Gasteiger partial charge on any atom is -0.497 e. The van der Waals surface area contributed by atoms with E-state index in [-0.39, 0.29) is 35.0 Å². The number of aryl methyl sites for hydroxylation is 1. The zero-order valence-corrected chi connectivity index (χ0v) is 33.1. The number of urea groups is 1. The van der Waals surface area contributed by atoms with E-state index in [0.717, 1.165) is 17.4 Å². The summed E-state index contributed by atoms with van der Waals surface area (Å²) >= 11 is 0. The molecule has 0 aliphatic rings. The molecule has 0 unspecified atom stereocenters. The van der Waals surface area contributed by atoms with Crippen molar-refractivity contribution in [2.75, 3.05) is 31.0 Å². The summed E-state index contributed by atoms with van der Waals surface area (Å²) in [6, 6.07) is 12.3. The van der Waals surface area contributed by atoms with Crippen LogP contribution < -0.4 is 24.8 Å². The van der Waals surface area contributed by atoms with Crippen LogP contribution in [0.15, 0.2) is 60.9 Å². The number of nitrogens with zero attached hydrogens (tertiary/aromatic N) is 3. The summed E-state index contributed by atoms with van der Waals surface area (Å²) in [7, 11) is -0.487. The zero-order valence-electron chi connectivity index (χ0n) is 32.1. The number of ether oxygens (including phenoxy) is 3. The molecule has 10 nitrogen and oxygen atoms in total. The van der Waals surface area contributed by atoms with Crippen molar-refractivity contribution in [1.82, 2.24) is 15.0 Å². The number of hydrogen-bond donors (Lipinski definition) is 2. The van der Waals surface area contributed by atoms with E-state index < -0.39 is 31.5 Å². The maximum absolute atomic E-state index is 14.3. The van der Waals surface area contributed by atoms with Gasteiger partial charge in [-0.3, -0.25) is 0 Å². The lowest BCUT2D eigenvalue weighted by Gasteiger charge is -2.39. The van der Waals surface area contributed by atoms with E-state index in [2.05, 4.69) is 59.5 Å². The van der Waals surface area contributed by atoms with Crippen LogP contribution in [0.3, 0.4) is 0 Å². The molecule has 2 heterocycles. The van der Waals surface area contributed by atoms with Crippen molar-refractivity contribution >= 4 is 25.7 Å². The first kappa shape index (κ1) is 41.1. The first-order chi connectivity index (χ1) is 24.7. The number of pyridine rings is 1. The van der Waals surface area contributed by atoms with Crippen LogP contribution in [0.25, 0.3) is 11.4 Å². The van der Waals surface area contributed by atoms with Crippen molar-refractivity contribution in [3.05, 3.63) is 83.3 Å². The molecule has 2 aromatic carbocycles. The highest BCUT2D eigenvalue weighted by molar-refractivity contribution is 6.74. The van der Waals surface area contributed by atoms with Crippen LogP contribution in [-0.4, -0.2) is 49.6 Å². The summed E-state index contributed by atoms with van der Waals surface area (Å²) in [6.07, 6.45) is -1.50. The Morgan fingerprint density at radius 2 is 1.60 bits per heavy atom. The van der Waals surface area contributed by atoms with Crippen molar-refractivity contribution in [3.8, 4) is 28.8 Å². The standard InChI is InChI=1S/C39H50F3N5O5Si/c1-11-50-33-18-28(21-44-35(33)51-23-26-12-16-30(49-8)17-13-26)34-43-22-32(25(2)45-34)47-36(48)46-29-15-14-27(31(19-29)39(40,41)42)20-38(6,7)24-52-53(9,10)37(3,4)5/h12-19,21-22H,11,20,23-24H2,1-10H3,(H2,46,47,48). The topological polar surface area (TPSA) is 117 Å². The van der Waals surface area contributed by atoms with E-state index in [1.54, 1.807) is 26.3 Å². The molecule has 4 aromatic rings. The Morgan fingerprint density at radius 1 is 0.906 bits per heavy atom. The average molecular weight is 754 g/mol. The van der Waals surface area contributed by atoms with Gasteiger partial charge in [0.25, 0.3) is 5.88 Å². The van der Waals surface area contributed by atoms with Crippen LogP contribution in [-0.2, 0) is 23.6 Å². The summed E-state index contributed by atoms with van der Waals surface area (Å²) in [5.41, 5.74) is 0.941. The first-order valence-electron chi connectivity index (χ1n) is 17.4. The second-order valence-corrected chi connectivity index (χ2v) is 19.9. The number of amides is 2. The lowest BCUT2D eigenvalue weighted by molar-refractivity contribution is -0.138. The molecule has 0 bridgehead atoms. The third-order valence-electron chi connectivity index (χ3n) is 9.11. The van der Waals surface area contributed by atoms with Crippen LogP contribution in [0.1, 0.15) is 63.9 Å². The number of methoxy groups -OCH3 is 1. The quantitative estimate of drug-likeness (QED) is 0.122. The molecule has 53 heavy (non-hydrogen) atoms. The SMILES string of the molecule is CCOc1cc(-c2ncc(NC(=O)Nc3ccc(CC(C)(C)CO[Si](C)(C)C(C)(C)C)c(C(F)(F)F)c3)c(C)n2)cnc1OCc1ccc(OC)cc1. The van der Waals surface area contributed by atoms with Gasteiger partial charge >= 0.3 is 12.2 Å². The minimum atomic E-state index is -4.63. The van der Waals surface area contributed by atoms with Gasteiger partial charge in [-0.2, -0.15) is 13.2 Å². The molecule has 2 N–H and O–H groups in total. The second-order valence-electron chi connectivity index (χ2n) is 15.1. The van der Waals surface area contributed by atoms with E-state index in [1.165, 1.54) is 18.3 Å². The predicted octanol–water partition coefficient (Wildman–Crippen LogP) is 10.1. The van der Waals surface area contributed by atoms with Crippen molar-refractivity contribution in [2.24, 2.45) is 5.41 Å². The van der Waals surface area contributed by atoms with E-state index in [4.69, 9.17) is 18.6 Å². The second kappa shape index (κ2) is 16.5. The summed E-state index contributed by atoms with van der Waals surface area (Å²) < 4.78 is 66.1. The molecule has 2 amide bonds. The fourth-order valence-corrected chi connectivity index (χ4v) is 6.22. The van der Waals surface area contributed by atoms with Gasteiger partial charge < -0.3 is 29.3 Å². The van der Waals surface area contributed by atoms with E-state index in [9.17, 15) is 18.0 Å². The van der Waals surface area contributed by atoms with Gasteiger partial charge in [0.1, 0.15) is 12.4 Å². The highest BCUT2D eigenvalue weighted by atomic mass is 28.4. The van der Waals surface area contributed by atoms with Gasteiger partial charge in [0.2, 0.25) is 0 Å². The Kier molecular flexibility index (Phi) is 12.8. The van der Waals surface area contributed by atoms with E-state index in [1.807, 2.05) is 45.0 Å². The number of anilines is 2. The monoisotopic (exact) mass is 753 g/mol. The normalized spacial score (nSPS) is 12.3. The van der Waals surface area contributed by atoms with Gasteiger partial charge in [-0.15, -0.1) is 0 Å². The Hall–Kier alpha value is -4.69. The number of hydrogen-bond acceptors (Lipinski definition) is 8. The third kappa shape index (κ3) is 11.2. The first-order valence-corrected chi connectivity index (χ1v) is 20.3. The van der Waals surface area contributed by atoms with E-state index in [0.29, 0.717) is 41.9 Å². The van der Waals surface area contributed by atoms with Crippen molar-refractivity contribution < 1.29 is 36.6 Å². The Morgan fingerprint density at radius 3 is 2.21 bits per heavy atom. The minimum absolute atomic E-state index is 0.00655. The molecule has 0 spiro atoms. The number of carbonyl (C=O) groups excluding carboxylic acids is 1. The Bertz CT molecular complexity index is 1880. The number of alkyl halides is 3. The number of carbonyl (C=O) groups is 1. The smallest absolute Gasteiger partial charge is 0.416 e. The third-order valence-corrected chi connectivity index (χ3v) is 13.6. The molecule has 0 atom stereocenters. The van der Waals surface area contributed by atoms with Crippen LogP contribution in [0.2, 0.25) is 18.1 Å². The predicted molar refractivity (Wildman–Crippen MR) is 203 cm³/mol. The van der Waals surface area contributed by atoms with Crippen LogP contribution in [0.4, 0.5) is 29.3 Å². The maximum atomic E-state index is 14.3. The van der Waals surface area contributed by atoms with Crippen LogP contribution in [0.5, 0.6) is 17.4 Å².